The standard InChI is InChI=1S/C24H24N4O3S/c1-16(21-9-6-12-31-21)28(2)14-18-10-11-19(24(30)26-18)23(29)25-13-22-27-20(15-32-22)17-7-4-3-5-8-17/h3-12,15-16H,13-14H2,1-2H3,(H,25,29)(H,26,30)/t16-/m1/s1. The lowest BCUT2D eigenvalue weighted by atomic mass is 10.2. The average molecular weight is 449 g/mol. The van der Waals surface area contributed by atoms with Crippen molar-refractivity contribution in [3.63, 3.8) is 0 Å². The van der Waals surface area contributed by atoms with Crippen LogP contribution in [0.3, 0.4) is 0 Å². The first-order valence-corrected chi connectivity index (χ1v) is 11.1. The number of H-pyrrole nitrogens is 1. The topological polar surface area (TPSA) is 91.2 Å². The monoisotopic (exact) mass is 448 g/mol. The van der Waals surface area contributed by atoms with Gasteiger partial charge in [-0.15, -0.1) is 11.3 Å². The van der Waals surface area contributed by atoms with Crippen molar-refractivity contribution in [2.45, 2.75) is 26.1 Å². The number of hydrogen-bond donors (Lipinski definition) is 2. The largest absolute Gasteiger partial charge is 0.468 e. The minimum atomic E-state index is -0.424. The minimum absolute atomic E-state index is 0.0514. The average Bonchev–Trinajstić information content (AvgIpc) is 3.50. The van der Waals surface area contributed by atoms with Gasteiger partial charge in [0, 0.05) is 23.2 Å². The van der Waals surface area contributed by atoms with Gasteiger partial charge in [0.1, 0.15) is 16.3 Å². The van der Waals surface area contributed by atoms with Gasteiger partial charge in [0.05, 0.1) is 24.5 Å². The van der Waals surface area contributed by atoms with E-state index in [9.17, 15) is 9.59 Å². The summed E-state index contributed by atoms with van der Waals surface area (Å²) in [6, 6.07) is 17.0. The number of aromatic amines is 1. The summed E-state index contributed by atoms with van der Waals surface area (Å²) < 4.78 is 5.45. The van der Waals surface area contributed by atoms with Gasteiger partial charge in [0.25, 0.3) is 11.5 Å². The molecular weight excluding hydrogens is 424 g/mol. The summed E-state index contributed by atoms with van der Waals surface area (Å²) in [7, 11) is 1.95. The van der Waals surface area contributed by atoms with Crippen molar-refractivity contribution in [1.29, 1.82) is 0 Å². The Balaban J connectivity index is 1.36. The molecule has 0 saturated carbocycles. The Morgan fingerprint density at radius 2 is 2.00 bits per heavy atom. The third-order valence-corrected chi connectivity index (χ3v) is 6.12. The minimum Gasteiger partial charge on any atom is -0.468 e. The number of carbonyl (C=O) groups excluding carboxylic acids is 1. The molecule has 0 aliphatic heterocycles. The number of furan rings is 1. The summed E-state index contributed by atoms with van der Waals surface area (Å²) in [6.45, 7) is 2.81. The molecule has 2 N–H and O–H groups in total. The number of aromatic nitrogens is 2. The number of nitrogens with zero attached hydrogens (tertiary/aromatic N) is 2. The van der Waals surface area contributed by atoms with Gasteiger partial charge in [-0.1, -0.05) is 30.3 Å². The van der Waals surface area contributed by atoms with Crippen molar-refractivity contribution in [3.8, 4) is 11.3 Å². The molecule has 7 nitrogen and oxygen atoms in total. The number of nitrogens with one attached hydrogen (secondary N) is 2. The maximum atomic E-state index is 12.5. The zero-order valence-corrected chi connectivity index (χ0v) is 18.7. The second kappa shape index (κ2) is 9.76. The first-order chi connectivity index (χ1) is 15.5. The van der Waals surface area contributed by atoms with Crippen LogP contribution in [0, 0.1) is 0 Å². The lowest BCUT2D eigenvalue weighted by Gasteiger charge is -2.22. The summed E-state index contributed by atoms with van der Waals surface area (Å²) >= 11 is 1.47. The zero-order chi connectivity index (χ0) is 22.5. The lowest BCUT2D eigenvalue weighted by molar-refractivity contribution is 0.0949. The second-order valence-corrected chi connectivity index (χ2v) is 8.45. The van der Waals surface area contributed by atoms with Crippen LogP contribution in [-0.4, -0.2) is 27.8 Å². The van der Waals surface area contributed by atoms with E-state index >= 15 is 0 Å². The van der Waals surface area contributed by atoms with E-state index in [0.29, 0.717) is 6.54 Å². The SMILES string of the molecule is C[C@H](c1ccco1)N(C)Cc1ccc(C(=O)NCc2nc(-c3ccccc3)cs2)c(=O)[nH]1. The molecule has 4 aromatic rings. The molecule has 0 radical (unpaired) electrons. The number of amides is 1. The molecule has 3 heterocycles. The summed E-state index contributed by atoms with van der Waals surface area (Å²) in [6.07, 6.45) is 1.64. The molecule has 32 heavy (non-hydrogen) atoms. The highest BCUT2D eigenvalue weighted by Crippen LogP contribution is 2.22. The van der Waals surface area contributed by atoms with E-state index in [4.69, 9.17) is 4.42 Å². The second-order valence-electron chi connectivity index (χ2n) is 7.51. The Kier molecular flexibility index (Phi) is 6.63. The quantitative estimate of drug-likeness (QED) is 0.421. The third kappa shape index (κ3) is 5.04. The van der Waals surface area contributed by atoms with Crippen molar-refractivity contribution < 1.29 is 9.21 Å². The van der Waals surface area contributed by atoms with E-state index in [2.05, 4.69) is 20.2 Å². The summed E-state index contributed by atoms with van der Waals surface area (Å²) in [5.74, 6) is 0.426. The van der Waals surface area contributed by atoms with Crippen LogP contribution in [0.15, 0.2) is 75.5 Å². The normalized spacial score (nSPS) is 12.1. The molecule has 0 spiro atoms. The Hall–Kier alpha value is -3.49. The number of rotatable bonds is 8. The highest BCUT2D eigenvalue weighted by molar-refractivity contribution is 7.09. The fraction of sp³-hybridized carbons (Fsp3) is 0.208. The highest BCUT2D eigenvalue weighted by atomic mass is 32.1. The molecule has 1 aromatic carbocycles. The van der Waals surface area contributed by atoms with Crippen LogP contribution in [0.2, 0.25) is 0 Å². The predicted octanol–water partition coefficient (Wildman–Crippen LogP) is 4.21. The number of carbonyl (C=O) groups is 1. The third-order valence-electron chi connectivity index (χ3n) is 5.27. The van der Waals surface area contributed by atoms with Crippen LogP contribution in [-0.2, 0) is 13.1 Å². The Bertz CT molecular complexity index is 1230. The Labute approximate surface area is 189 Å². The zero-order valence-electron chi connectivity index (χ0n) is 17.9. The van der Waals surface area contributed by atoms with Crippen LogP contribution < -0.4 is 10.9 Å². The van der Waals surface area contributed by atoms with Gasteiger partial charge >= 0.3 is 0 Å². The van der Waals surface area contributed by atoms with E-state index in [-0.39, 0.29) is 18.2 Å². The molecule has 8 heteroatoms. The van der Waals surface area contributed by atoms with Crippen molar-refractivity contribution in [1.82, 2.24) is 20.2 Å². The van der Waals surface area contributed by atoms with Gasteiger partial charge in [-0.3, -0.25) is 14.5 Å². The van der Waals surface area contributed by atoms with Crippen LogP contribution >= 0.6 is 11.3 Å². The first-order valence-electron chi connectivity index (χ1n) is 10.2. The maximum absolute atomic E-state index is 12.5. The van der Waals surface area contributed by atoms with E-state index in [0.717, 1.165) is 27.7 Å². The van der Waals surface area contributed by atoms with Gasteiger partial charge in [0.2, 0.25) is 0 Å². The summed E-state index contributed by atoms with van der Waals surface area (Å²) in [5, 5.41) is 5.52. The molecule has 0 saturated heterocycles. The van der Waals surface area contributed by atoms with E-state index < -0.39 is 11.5 Å². The van der Waals surface area contributed by atoms with Gasteiger partial charge < -0.3 is 14.7 Å². The summed E-state index contributed by atoms with van der Waals surface area (Å²) in [4.78, 5) is 34.5. The molecule has 1 atom stereocenters. The summed E-state index contributed by atoms with van der Waals surface area (Å²) in [5.41, 5.74) is 2.29. The molecule has 0 fully saturated rings. The predicted molar refractivity (Wildman–Crippen MR) is 124 cm³/mol. The smallest absolute Gasteiger partial charge is 0.261 e. The molecule has 0 unspecified atom stereocenters. The van der Waals surface area contributed by atoms with Crippen molar-refractivity contribution in [3.05, 3.63) is 98.6 Å². The fourth-order valence-electron chi connectivity index (χ4n) is 3.32. The van der Waals surface area contributed by atoms with Crippen LogP contribution in [0.1, 0.15) is 39.8 Å². The lowest BCUT2D eigenvalue weighted by Crippen LogP contribution is -2.30. The molecule has 0 aliphatic rings. The molecule has 4 rings (SSSR count). The molecule has 0 bridgehead atoms. The van der Waals surface area contributed by atoms with E-state index in [1.54, 1.807) is 18.4 Å². The molecular formula is C24H24N4O3S. The highest BCUT2D eigenvalue weighted by Gasteiger charge is 2.16. The van der Waals surface area contributed by atoms with Crippen LogP contribution in [0.25, 0.3) is 11.3 Å². The Morgan fingerprint density at radius 3 is 2.72 bits per heavy atom. The Morgan fingerprint density at radius 1 is 1.19 bits per heavy atom. The molecule has 3 aromatic heterocycles. The van der Waals surface area contributed by atoms with Gasteiger partial charge in [0.15, 0.2) is 0 Å². The maximum Gasteiger partial charge on any atom is 0.261 e. The number of benzene rings is 1. The van der Waals surface area contributed by atoms with Gasteiger partial charge in [-0.2, -0.15) is 0 Å². The molecule has 164 valence electrons. The van der Waals surface area contributed by atoms with Crippen LogP contribution in [0.4, 0.5) is 0 Å². The number of thiazole rings is 1. The fourth-order valence-corrected chi connectivity index (χ4v) is 4.07. The first kappa shape index (κ1) is 21.7. The van der Waals surface area contributed by atoms with Gasteiger partial charge in [-0.05, 0) is 38.2 Å². The molecule has 1 amide bonds. The van der Waals surface area contributed by atoms with Crippen LogP contribution in [0.5, 0.6) is 0 Å². The molecule has 0 aliphatic carbocycles. The number of pyridine rings is 1. The van der Waals surface area contributed by atoms with E-state index in [1.807, 2.05) is 61.8 Å². The van der Waals surface area contributed by atoms with Gasteiger partial charge in [-0.25, -0.2) is 4.98 Å². The van der Waals surface area contributed by atoms with Crippen molar-refractivity contribution in [2.24, 2.45) is 0 Å². The van der Waals surface area contributed by atoms with Crippen molar-refractivity contribution >= 4 is 17.2 Å². The number of hydrogen-bond acceptors (Lipinski definition) is 6. The van der Waals surface area contributed by atoms with E-state index in [1.165, 1.54) is 11.3 Å². The van der Waals surface area contributed by atoms with Crippen molar-refractivity contribution in [2.75, 3.05) is 7.05 Å².